The van der Waals surface area contributed by atoms with Crippen LogP contribution in [0.3, 0.4) is 0 Å². The van der Waals surface area contributed by atoms with E-state index in [9.17, 15) is 4.79 Å². The minimum atomic E-state index is -0.279. The van der Waals surface area contributed by atoms with Gasteiger partial charge in [0.15, 0.2) is 6.61 Å². The average molecular weight is 282 g/mol. The van der Waals surface area contributed by atoms with Gasteiger partial charge in [0.2, 0.25) is 0 Å². The highest BCUT2D eigenvalue weighted by Crippen LogP contribution is 2.16. The van der Waals surface area contributed by atoms with Gasteiger partial charge < -0.3 is 10.1 Å². The molecule has 0 unspecified atom stereocenters. The van der Waals surface area contributed by atoms with Crippen LogP contribution in [0.4, 0.5) is 0 Å². The number of nitrogens with one attached hydrogen (secondary N) is 1. The van der Waals surface area contributed by atoms with Gasteiger partial charge in [0.1, 0.15) is 17.6 Å². The third-order valence-electron chi connectivity index (χ3n) is 2.67. The molecule has 0 atom stereocenters. The zero-order valence-corrected chi connectivity index (χ0v) is 11.5. The monoisotopic (exact) mass is 282 g/mol. The zero-order chi connectivity index (χ0) is 15.1. The van der Waals surface area contributed by atoms with Crippen LogP contribution in [0.2, 0.25) is 0 Å². The van der Waals surface area contributed by atoms with Crippen molar-refractivity contribution in [3.63, 3.8) is 0 Å². The molecule has 6 heteroatoms. The van der Waals surface area contributed by atoms with Crippen molar-refractivity contribution in [2.45, 2.75) is 13.5 Å². The first-order valence-electron chi connectivity index (χ1n) is 6.36. The Morgan fingerprint density at radius 3 is 2.95 bits per heavy atom. The quantitative estimate of drug-likeness (QED) is 0.894. The number of para-hydroxylation sites is 1. The van der Waals surface area contributed by atoms with Crippen LogP contribution in [0.5, 0.6) is 5.75 Å². The molecule has 2 aromatic rings. The number of nitrogens with zero attached hydrogens (tertiary/aromatic N) is 3. The van der Waals surface area contributed by atoms with E-state index >= 15 is 0 Å². The summed E-state index contributed by atoms with van der Waals surface area (Å²) in [5, 5.41) is 11.6. The number of nitriles is 1. The second-order valence-corrected chi connectivity index (χ2v) is 4.27. The summed E-state index contributed by atoms with van der Waals surface area (Å²) in [6.45, 7) is 1.95. The maximum Gasteiger partial charge on any atom is 0.258 e. The van der Waals surface area contributed by atoms with Gasteiger partial charge in [-0.15, -0.1) is 0 Å². The molecule has 1 aromatic carbocycles. The van der Waals surface area contributed by atoms with Gasteiger partial charge in [-0.2, -0.15) is 5.26 Å². The van der Waals surface area contributed by atoms with E-state index in [1.54, 1.807) is 43.5 Å². The van der Waals surface area contributed by atoms with Crippen LogP contribution in [-0.4, -0.2) is 22.5 Å². The van der Waals surface area contributed by atoms with Crippen LogP contribution < -0.4 is 10.1 Å². The molecule has 2 rings (SSSR count). The second kappa shape index (κ2) is 7.01. The first kappa shape index (κ1) is 14.5. The number of aryl methyl sites for hydroxylation is 1. The third-order valence-corrected chi connectivity index (χ3v) is 2.67. The van der Waals surface area contributed by atoms with Crippen LogP contribution in [0.1, 0.15) is 17.1 Å². The van der Waals surface area contributed by atoms with Crippen LogP contribution >= 0.6 is 0 Å². The summed E-state index contributed by atoms with van der Waals surface area (Å²) in [5.74, 6) is 0.771. The summed E-state index contributed by atoms with van der Waals surface area (Å²) >= 11 is 0. The van der Waals surface area contributed by atoms with E-state index in [1.165, 1.54) is 0 Å². The van der Waals surface area contributed by atoms with Crippen molar-refractivity contribution in [2.24, 2.45) is 0 Å². The van der Waals surface area contributed by atoms with Crippen molar-refractivity contribution in [2.75, 3.05) is 6.61 Å². The lowest BCUT2D eigenvalue weighted by Gasteiger charge is -2.08. The Morgan fingerprint density at radius 2 is 2.19 bits per heavy atom. The molecular formula is C15H14N4O2. The fourth-order valence-corrected chi connectivity index (χ4v) is 1.67. The fourth-order valence-electron chi connectivity index (χ4n) is 1.67. The lowest BCUT2D eigenvalue weighted by molar-refractivity contribution is -0.123. The number of benzene rings is 1. The van der Waals surface area contributed by atoms with Gasteiger partial charge in [-0.3, -0.25) is 4.79 Å². The predicted molar refractivity (Wildman–Crippen MR) is 75.3 cm³/mol. The highest BCUT2D eigenvalue weighted by Gasteiger charge is 2.06. The molecule has 0 aliphatic rings. The van der Waals surface area contributed by atoms with E-state index in [1.807, 2.05) is 6.07 Å². The number of carbonyl (C=O) groups is 1. The number of aromatic nitrogens is 2. The Balaban J connectivity index is 1.84. The normalized spacial score (nSPS) is 9.71. The molecule has 106 valence electrons. The third kappa shape index (κ3) is 4.28. The van der Waals surface area contributed by atoms with Crippen LogP contribution in [-0.2, 0) is 11.3 Å². The van der Waals surface area contributed by atoms with E-state index in [0.29, 0.717) is 23.7 Å². The molecule has 0 saturated heterocycles. The maximum absolute atomic E-state index is 11.7. The smallest absolute Gasteiger partial charge is 0.258 e. The summed E-state index contributed by atoms with van der Waals surface area (Å²) < 4.78 is 5.33. The largest absolute Gasteiger partial charge is 0.482 e. The van der Waals surface area contributed by atoms with Crippen LogP contribution in [0.25, 0.3) is 0 Å². The van der Waals surface area contributed by atoms with Crippen molar-refractivity contribution in [3.8, 4) is 11.8 Å². The van der Waals surface area contributed by atoms with Crippen LogP contribution in [0.15, 0.2) is 36.5 Å². The first-order chi connectivity index (χ1) is 10.2. The van der Waals surface area contributed by atoms with Gasteiger partial charge in [0, 0.05) is 6.20 Å². The summed E-state index contributed by atoms with van der Waals surface area (Å²) in [5.41, 5.74) is 1.13. The van der Waals surface area contributed by atoms with Crippen molar-refractivity contribution >= 4 is 5.91 Å². The van der Waals surface area contributed by atoms with Gasteiger partial charge >= 0.3 is 0 Å². The number of hydrogen-bond donors (Lipinski definition) is 1. The van der Waals surface area contributed by atoms with E-state index < -0.39 is 0 Å². The molecule has 1 amide bonds. The standard InChI is InChI=1S/C15H14N4O2/c1-11-17-7-6-13(19-11)9-18-15(20)10-21-14-5-3-2-4-12(14)8-16/h2-7H,9-10H2,1H3,(H,18,20). The van der Waals surface area contributed by atoms with E-state index in [4.69, 9.17) is 10.00 Å². The Bertz CT molecular complexity index is 679. The van der Waals surface area contributed by atoms with E-state index in [2.05, 4.69) is 15.3 Å². The maximum atomic E-state index is 11.7. The molecule has 1 aromatic heterocycles. The fraction of sp³-hybridized carbons (Fsp3) is 0.200. The molecular weight excluding hydrogens is 268 g/mol. The van der Waals surface area contributed by atoms with Crippen molar-refractivity contribution in [1.29, 1.82) is 5.26 Å². The molecule has 0 saturated carbocycles. The predicted octanol–water partition coefficient (Wildman–Crippen LogP) is 1.35. The zero-order valence-electron chi connectivity index (χ0n) is 11.5. The topological polar surface area (TPSA) is 87.9 Å². The minimum absolute atomic E-state index is 0.150. The molecule has 0 aliphatic heterocycles. The van der Waals surface area contributed by atoms with E-state index in [-0.39, 0.29) is 12.5 Å². The first-order valence-corrected chi connectivity index (χ1v) is 6.36. The number of ether oxygens (including phenoxy) is 1. The van der Waals surface area contributed by atoms with Crippen molar-refractivity contribution in [3.05, 3.63) is 53.6 Å². The van der Waals surface area contributed by atoms with Crippen molar-refractivity contribution in [1.82, 2.24) is 15.3 Å². The number of carbonyl (C=O) groups excluding carboxylic acids is 1. The molecule has 0 bridgehead atoms. The van der Waals surface area contributed by atoms with E-state index in [0.717, 1.165) is 5.69 Å². The SMILES string of the molecule is Cc1nccc(CNC(=O)COc2ccccc2C#N)n1. The van der Waals surface area contributed by atoms with Crippen LogP contribution in [0, 0.1) is 18.3 Å². The minimum Gasteiger partial charge on any atom is -0.482 e. The summed E-state index contributed by atoms with van der Waals surface area (Å²) in [7, 11) is 0. The molecule has 0 aliphatic carbocycles. The Hall–Kier alpha value is -2.94. The van der Waals surface area contributed by atoms with Gasteiger partial charge in [-0.25, -0.2) is 9.97 Å². The lowest BCUT2D eigenvalue weighted by atomic mass is 10.2. The number of rotatable bonds is 5. The number of hydrogen-bond acceptors (Lipinski definition) is 5. The van der Waals surface area contributed by atoms with Gasteiger partial charge in [-0.05, 0) is 25.1 Å². The van der Waals surface area contributed by atoms with Gasteiger partial charge in [0.05, 0.1) is 17.8 Å². The van der Waals surface area contributed by atoms with Crippen molar-refractivity contribution < 1.29 is 9.53 Å². The average Bonchev–Trinajstić information content (AvgIpc) is 2.51. The Morgan fingerprint density at radius 1 is 1.38 bits per heavy atom. The summed E-state index contributed by atoms with van der Waals surface area (Å²) in [6.07, 6.45) is 1.64. The van der Waals surface area contributed by atoms with Gasteiger partial charge in [-0.1, -0.05) is 12.1 Å². The summed E-state index contributed by atoms with van der Waals surface area (Å²) in [4.78, 5) is 19.9. The molecule has 0 fully saturated rings. The molecule has 0 radical (unpaired) electrons. The molecule has 1 N–H and O–H groups in total. The molecule has 0 spiro atoms. The molecule has 1 heterocycles. The van der Waals surface area contributed by atoms with Gasteiger partial charge in [0.25, 0.3) is 5.91 Å². The number of amides is 1. The Kier molecular flexibility index (Phi) is 4.83. The molecule has 21 heavy (non-hydrogen) atoms. The summed E-state index contributed by atoms with van der Waals surface area (Å²) in [6, 6.07) is 10.5. The molecule has 6 nitrogen and oxygen atoms in total. The Labute approximate surface area is 122 Å². The highest BCUT2D eigenvalue weighted by atomic mass is 16.5. The second-order valence-electron chi connectivity index (χ2n) is 4.27. The highest BCUT2D eigenvalue weighted by molar-refractivity contribution is 5.77. The lowest BCUT2D eigenvalue weighted by Crippen LogP contribution is -2.28.